The molecule has 3 nitrogen and oxygen atoms in total. The zero-order valence-corrected chi connectivity index (χ0v) is 10.9. The normalized spacial score (nSPS) is 14.3. The molecule has 0 saturated carbocycles. The number of pyridine rings is 1. The van der Waals surface area contributed by atoms with E-state index in [0.717, 1.165) is 12.1 Å². The molecule has 1 atom stereocenters. The Labute approximate surface area is 108 Å². The number of halogens is 3. The first-order chi connectivity index (χ1) is 8.71. The fraction of sp³-hybridized carbons (Fsp3) is 0.462. The van der Waals surface area contributed by atoms with Crippen LogP contribution in [-0.4, -0.2) is 14.5 Å². The molecule has 1 N–H and O–H groups in total. The Balaban J connectivity index is 2.70. The van der Waals surface area contributed by atoms with Crippen LogP contribution >= 0.6 is 0 Å². The second kappa shape index (κ2) is 4.52. The average Bonchev–Trinajstić information content (AvgIpc) is 2.65. The second-order valence-electron chi connectivity index (χ2n) is 4.85. The van der Waals surface area contributed by atoms with E-state index in [1.54, 1.807) is 6.92 Å². The fourth-order valence-electron chi connectivity index (χ4n) is 2.10. The largest absolute Gasteiger partial charge is 0.416 e. The minimum atomic E-state index is -4.39. The van der Waals surface area contributed by atoms with E-state index in [0.29, 0.717) is 11.4 Å². The second-order valence-corrected chi connectivity index (χ2v) is 4.85. The van der Waals surface area contributed by atoms with Crippen molar-refractivity contribution in [1.82, 2.24) is 9.38 Å². The molecule has 1 unspecified atom stereocenters. The number of nitrogens with zero attached hydrogens (tertiary/aromatic N) is 2. The lowest BCUT2D eigenvalue weighted by Crippen LogP contribution is -2.06. The van der Waals surface area contributed by atoms with Gasteiger partial charge < -0.3 is 9.51 Å². The Bertz CT molecular complexity index is 600. The molecule has 6 heteroatoms. The molecular weight excluding hydrogens is 257 g/mol. The van der Waals surface area contributed by atoms with Crippen molar-refractivity contribution < 1.29 is 18.3 Å². The van der Waals surface area contributed by atoms with E-state index in [-0.39, 0.29) is 11.6 Å². The van der Waals surface area contributed by atoms with Crippen LogP contribution in [0.25, 0.3) is 5.65 Å². The number of alkyl halides is 3. The highest BCUT2D eigenvalue weighted by Crippen LogP contribution is 2.32. The van der Waals surface area contributed by atoms with Gasteiger partial charge in [0, 0.05) is 6.20 Å². The van der Waals surface area contributed by atoms with E-state index in [4.69, 9.17) is 0 Å². The van der Waals surface area contributed by atoms with Gasteiger partial charge in [-0.1, -0.05) is 13.8 Å². The predicted molar refractivity (Wildman–Crippen MR) is 64.9 cm³/mol. The summed E-state index contributed by atoms with van der Waals surface area (Å²) < 4.78 is 39.5. The molecule has 0 aromatic carbocycles. The highest BCUT2D eigenvalue weighted by Gasteiger charge is 2.31. The topological polar surface area (TPSA) is 37.5 Å². The zero-order valence-electron chi connectivity index (χ0n) is 10.9. The first kappa shape index (κ1) is 13.9. The molecule has 0 bridgehead atoms. The van der Waals surface area contributed by atoms with Crippen molar-refractivity contribution >= 4 is 5.65 Å². The van der Waals surface area contributed by atoms with Crippen LogP contribution < -0.4 is 0 Å². The fourth-order valence-corrected chi connectivity index (χ4v) is 2.10. The molecule has 2 aromatic rings. The highest BCUT2D eigenvalue weighted by atomic mass is 19.4. The van der Waals surface area contributed by atoms with Crippen LogP contribution in [0.2, 0.25) is 0 Å². The first-order valence-corrected chi connectivity index (χ1v) is 5.99. The molecule has 2 rings (SSSR count). The molecular formula is C13H15F3N2O. The quantitative estimate of drug-likeness (QED) is 0.908. The lowest BCUT2D eigenvalue weighted by molar-refractivity contribution is -0.137. The third-order valence-corrected chi connectivity index (χ3v) is 2.96. The maximum Gasteiger partial charge on any atom is 0.416 e. The van der Waals surface area contributed by atoms with Gasteiger partial charge in [0.25, 0.3) is 0 Å². The van der Waals surface area contributed by atoms with Gasteiger partial charge in [0.2, 0.25) is 0 Å². The molecule has 2 heterocycles. The van der Waals surface area contributed by atoms with Gasteiger partial charge in [-0.05, 0) is 25.0 Å². The summed E-state index contributed by atoms with van der Waals surface area (Å²) in [5.74, 6) is 0.0267. The Hall–Kier alpha value is -1.56. The third-order valence-electron chi connectivity index (χ3n) is 2.96. The summed E-state index contributed by atoms with van der Waals surface area (Å²) >= 11 is 0. The van der Waals surface area contributed by atoms with Crippen LogP contribution in [0.1, 0.15) is 49.7 Å². The Kier molecular flexibility index (Phi) is 3.30. The van der Waals surface area contributed by atoms with Crippen molar-refractivity contribution in [3.05, 3.63) is 35.3 Å². The van der Waals surface area contributed by atoms with Crippen molar-refractivity contribution in [3.63, 3.8) is 0 Å². The lowest BCUT2D eigenvalue weighted by Gasteiger charge is -2.10. The van der Waals surface area contributed by atoms with Gasteiger partial charge in [-0.25, -0.2) is 4.98 Å². The van der Waals surface area contributed by atoms with Gasteiger partial charge in [0.05, 0.1) is 23.1 Å². The maximum atomic E-state index is 12.7. The molecule has 0 aliphatic rings. The van der Waals surface area contributed by atoms with E-state index >= 15 is 0 Å². The van der Waals surface area contributed by atoms with E-state index in [2.05, 4.69) is 4.98 Å². The third kappa shape index (κ3) is 2.45. The minimum absolute atomic E-state index is 0.0267. The van der Waals surface area contributed by atoms with Crippen LogP contribution in [0, 0.1) is 0 Å². The van der Waals surface area contributed by atoms with Crippen LogP contribution in [-0.2, 0) is 6.18 Å². The summed E-state index contributed by atoms with van der Waals surface area (Å²) in [5, 5.41) is 9.79. The number of aromatic nitrogens is 2. The molecule has 19 heavy (non-hydrogen) atoms. The predicted octanol–water partition coefficient (Wildman–Crippen LogP) is 3.53. The molecule has 0 amide bonds. The van der Waals surface area contributed by atoms with Crippen LogP contribution in [0.4, 0.5) is 13.2 Å². The summed E-state index contributed by atoms with van der Waals surface area (Å²) in [4.78, 5) is 4.21. The Morgan fingerprint density at radius 3 is 2.37 bits per heavy atom. The molecule has 0 aliphatic heterocycles. The number of fused-ring (bicyclic) bond motifs is 1. The summed E-state index contributed by atoms with van der Waals surface area (Å²) in [7, 11) is 0. The van der Waals surface area contributed by atoms with Crippen molar-refractivity contribution in [2.75, 3.05) is 0 Å². The summed E-state index contributed by atoms with van der Waals surface area (Å²) in [5.41, 5.74) is 0.625. The van der Waals surface area contributed by atoms with Gasteiger partial charge in [0.15, 0.2) is 0 Å². The van der Waals surface area contributed by atoms with Crippen LogP contribution in [0.5, 0.6) is 0 Å². The van der Waals surface area contributed by atoms with Crippen molar-refractivity contribution in [3.8, 4) is 0 Å². The Morgan fingerprint density at radius 2 is 1.89 bits per heavy atom. The van der Waals surface area contributed by atoms with E-state index < -0.39 is 17.8 Å². The zero-order chi connectivity index (χ0) is 14.4. The number of rotatable bonds is 2. The van der Waals surface area contributed by atoms with Gasteiger partial charge in [-0.2, -0.15) is 13.2 Å². The maximum absolute atomic E-state index is 12.7. The standard InChI is InChI=1S/C13H15F3N2O/c1-7(2)11-12(8(3)19)18-5-4-9(13(14,15)16)6-10(18)17-11/h4-8,19H,1-3H3. The van der Waals surface area contributed by atoms with Crippen LogP contribution in [0.3, 0.4) is 0 Å². The molecule has 0 radical (unpaired) electrons. The van der Waals surface area contributed by atoms with Crippen LogP contribution in [0.15, 0.2) is 18.3 Å². The van der Waals surface area contributed by atoms with Gasteiger partial charge in [-0.15, -0.1) is 0 Å². The number of hydrogen-bond donors (Lipinski definition) is 1. The highest BCUT2D eigenvalue weighted by molar-refractivity contribution is 5.47. The number of aliphatic hydroxyl groups is 1. The number of hydrogen-bond acceptors (Lipinski definition) is 2. The van der Waals surface area contributed by atoms with E-state index in [9.17, 15) is 18.3 Å². The summed E-state index contributed by atoms with van der Waals surface area (Å²) in [6.07, 6.45) is -3.88. The summed E-state index contributed by atoms with van der Waals surface area (Å²) in [6.45, 7) is 5.35. The SMILES string of the molecule is CC(C)c1nc2cc(C(F)(F)F)ccn2c1C(C)O. The monoisotopic (exact) mass is 272 g/mol. The van der Waals surface area contributed by atoms with Crippen molar-refractivity contribution in [2.24, 2.45) is 0 Å². The van der Waals surface area contributed by atoms with Gasteiger partial charge in [0.1, 0.15) is 5.65 Å². The number of imidazole rings is 1. The molecule has 2 aromatic heterocycles. The Morgan fingerprint density at radius 1 is 1.26 bits per heavy atom. The smallest absolute Gasteiger partial charge is 0.387 e. The summed E-state index contributed by atoms with van der Waals surface area (Å²) in [6, 6.07) is 1.99. The van der Waals surface area contributed by atoms with Gasteiger partial charge >= 0.3 is 6.18 Å². The van der Waals surface area contributed by atoms with Crippen molar-refractivity contribution in [2.45, 2.75) is 39.0 Å². The molecule has 0 fully saturated rings. The first-order valence-electron chi connectivity index (χ1n) is 5.99. The van der Waals surface area contributed by atoms with Gasteiger partial charge in [-0.3, -0.25) is 0 Å². The molecule has 0 spiro atoms. The lowest BCUT2D eigenvalue weighted by atomic mass is 10.1. The average molecular weight is 272 g/mol. The van der Waals surface area contributed by atoms with Crippen molar-refractivity contribution in [1.29, 1.82) is 0 Å². The van der Waals surface area contributed by atoms with E-state index in [1.165, 1.54) is 10.6 Å². The molecule has 0 aliphatic carbocycles. The van der Waals surface area contributed by atoms with E-state index in [1.807, 2.05) is 13.8 Å². The molecule has 104 valence electrons. The molecule has 0 saturated heterocycles. The minimum Gasteiger partial charge on any atom is -0.387 e. The number of aliphatic hydroxyl groups excluding tert-OH is 1.